The van der Waals surface area contributed by atoms with Crippen molar-refractivity contribution in [1.82, 2.24) is 9.80 Å². The van der Waals surface area contributed by atoms with Crippen molar-refractivity contribution in [3.8, 4) is 0 Å². The molecule has 162 valence electrons. The Morgan fingerprint density at radius 2 is 1.67 bits per heavy atom. The van der Waals surface area contributed by atoms with Crippen LogP contribution in [0.4, 0.5) is 0 Å². The number of rotatable bonds is 10. The lowest BCUT2D eigenvalue weighted by molar-refractivity contribution is -0.132. The number of piperidine rings is 1. The lowest BCUT2D eigenvalue weighted by Crippen LogP contribution is -2.39. The van der Waals surface area contributed by atoms with E-state index in [4.69, 9.17) is 4.74 Å². The molecule has 2 aromatic rings. The zero-order chi connectivity index (χ0) is 21.2. The summed E-state index contributed by atoms with van der Waals surface area (Å²) in [6, 6.07) is 19.3. The van der Waals surface area contributed by atoms with E-state index in [1.807, 2.05) is 18.2 Å². The highest BCUT2D eigenvalue weighted by atomic mass is 16.5. The van der Waals surface area contributed by atoms with Gasteiger partial charge < -0.3 is 9.64 Å². The highest BCUT2D eigenvalue weighted by molar-refractivity contribution is 5.76. The summed E-state index contributed by atoms with van der Waals surface area (Å²) in [6.07, 6.45) is 4.80. The van der Waals surface area contributed by atoms with E-state index in [2.05, 4.69) is 53.2 Å². The Morgan fingerprint density at radius 1 is 1.00 bits per heavy atom. The Morgan fingerprint density at radius 3 is 2.33 bits per heavy atom. The third-order valence-corrected chi connectivity index (χ3v) is 6.11. The van der Waals surface area contributed by atoms with Crippen molar-refractivity contribution in [2.24, 2.45) is 5.92 Å². The van der Waals surface area contributed by atoms with Crippen molar-refractivity contribution in [3.63, 3.8) is 0 Å². The lowest BCUT2D eigenvalue weighted by atomic mass is 9.89. The molecule has 1 amide bonds. The molecular weight excluding hydrogens is 372 g/mol. The van der Waals surface area contributed by atoms with Gasteiger partial charge in [-0.1, -0.05) is 54.6 Å². The molecule has 0 unspecified atom stereocenters. The fraction of sp³-hybridized carbons (Fsp3) is 0.500. The van der Waals surface area contributed by atoms with Gasteiger partial charge in [0.1, 0.15) is 0 Å². The van der Waals surface area contributed by atoms with E-state index in [0.29, 0.717) is 18.2 Å². The van der Waals surface area contributed by atoms with Crippen molar-refractivity contribution < 1.29 is 9.53 Å². The minimum Gasteiger partial charge on any atom is -0.383 e. The molecule has 4 heteroatoms. The third-order valence-electron chi connectivity index (χ3n) is 6.11. The Kier molecular flexibility index (Phi) is 8.91. The number of benzene rings is 2. The molecule has 1 aliphatic heterocycles. The smallest absolute Gasteiger partial charge is 0.222 e. The Bertz CT molecular complexity index is 752. The average Bonchev–Trinajstić information content (AvgIpc) is 2.78. The normalized spacial score (nSPS) is 15.0. The molecule has 0 aromatic heterocycles. The van der Waals surface area contributed by atoms with Gasteiger partial charge in [-0.25, -0.2) is 0 Å². The number of likely N-dealkylation sites (N-methyl/N-ethyl adjacent to an activating group) is 1. The summed E-state index contributed by atoms with van der Waals surface area (Å²) < 4.78 is 5.14. The van der Waals surface area contributed by atoms with Crippen molar-refractivity contribution in [2.75, 3.05) is 40.4 Å². The predicted octanol–water partition coefficient (Wildman–Crippen LogP) is 4.18. The molecule has 1 aliphatic rings. The summed E-state index contributed by atoms with van der Waals surface area (Å²) >= 11 is 0. The first kappa shape index (κ1) is 22.5. The summed E-state index contributed by atoms with van der Waals surface area (Å²) in [5.74, 6) is 0.984. The number of hydrogen-bond donors (Lipinski definition) is 0. The maximum atomic E-state index is 12.5. The zero-order valence-electron chi connectivity index (χ0n) is 18.6. The van der Waals surface area contributed by atoms with Gasteiger partial charge >= 0.3 is 0 Å². The van der Waals surface area contributed by atoms with Crippen LogP contribution in [0.5, 0.6) is 0 Å². The van der Waals surface area contributed by atoms with Crippen LogP contribution >= 0.6 is 0 Å². The number of carbonyl (C=O) groups excluding carboxylic acids is 1. The molecule has 1 saturated heterocycles. The SMILES string of the molecule is COCCN(C)Cc1ccc(CC2CCN(C(=O)CCc3ccccc3)CC2)cc1. The van der Waals surface area contributed by atoms with Crippen molar-refractivity contribution in [2.45, 2.75) is 38.6 Å². The summed E-state index contributed by atoms with van der Waals surface area (Å²) in [5, 5.41) is 0. The van der Waals surface area contributed by atoms with Gasteiger partial charge in [-0.15, -0.1) is 0 Å². The summed E-state index contributed by atoms with van der Waals surface area (Å²) in [5.41, 5.74) is 4.00. The first-order chi connectivity index (χ1) is 14.6. The Balaban J connectivity index is 1.38. The molecule has 0 N–H and O–H groups in total. The highest BCUT2D eigenvalue weighted by Crippen LogP contribution is 2.23. The maximum absolute atomic E-state index is 12.5. The second-order valence-electron chi connectivity index (χ2n) is 8.56. The molecule has 0 bridgehead atoms. The predicted molar refractivity (Wildman–Crippen MR) is 122 cm³/mol. The number of nitrogens with zero attached hydrogens (tertiary/aromatic N) is 2. The third kappa shape index (κ3) is 7.26. The van der Waals surface area contributed by atoms with E-state index in [-0.39, 0.29) is 0 Å². The van der Waals surface area contributed by atoms with Crippen LogP contribution in [0.25, 0.3) is 0 Å². The van der Waals surface area contributed by atoms with Crippen molar-refractivity contribution >= 4 is 5.91 Å². The molecule has 0 radical (unpaired) electrons. The first-order valence-corrected chi connectivity index (χ1v) is 11.2. The number of methoxy groups -OCH3 is 1. The number of likely N-dealkylation sites (tertiary alicyclic amines) is 1. The quantitative estimate of drug-likeness (QED) is 0.591. The molecule has 0 aliphatic carbocycles. The first-order valence-electron chi connectivity index (χ1n) is 11.2. The highest BCUT2D eigenvalue weighted by Gasteiger charge is 2.22. The van der Waals surface area contributed by atoms with Gasteiger partial charge in [-0.3, -0.25) is 9.69 Å². The van der Waals surface area contributed by atoms with Crippen LogP contribution in [0.2, 0.25) is 0 Å². The molecule has 0 saturated carbocycles. The van der Waals surface area contributed by atoms with Crippen LogP contribution in [0.15, 0.2) is 54.6 Å². The van der Waals surface area contributed by atoms with Crippen LogP contribution in [0, 0.1) is 5.92 Å². The van der Waals surface area contributed by atoms with Gasteiger partial charge in [-0.2, -0.15) is 0 Å². The number of carbonyl (C=O) groups is 1. The molecule has 4 nitrogen and oxygen atoms in total. The largest absolute Gasteiger partial charge is 0.383 e. The maximum Gasteiger partial charge on any atom is 0.222 e. The molecule has 0 atom stereocenters. The number of amides is 1. The fourth-order valence-electron chi connectivity index (χ4n) is 4.19. The van der Waals surface area contributed by atoms with Crippen LogP contribution < -0.4 is 0 Å². The van der Waals surface area contributed by atoms with Gasteiger partial charge in [0.15, 0.2) is 0 Å². The monoisotopic (exact) mass is 408 g/mol. The summed E-state index contributed by atoms with van der Waals surface area (Å²) in [4.78, 5) is 16.9. The van der Waals surface area contributed by atoms with Crippen molar-refractivity contribution in [3.05, 3.63) is 71.3 Å². The molecule has 1 fully saturated rings. The zero-order valence-corrected chi connectivity index (χ0v) is 18.6. The molecule has 30 heavy (non-hydrogen) atoms. The van der Waals surface area contributed by atoms with Crippen LogP contribution in [0.3, 0.4) is 0 Å². The topological polar surface area (TPSA) is 32.8 Å². The second kappa shape index (κ2) is 11.9. The van der Waals surface area contributed by atoms with E-state index in [9.17, 15) is 4.79 Å². The number of hydrogen-bond acceptors (Lipinski definition) is 3. The Hall–Kier alpha value is -2.17. The van der Waals surface area contributed by atoms with Gasteiger partial charge in [0, 0.05) is 39.7 Å². The lowest BCUT2D eigenvalue weighted by Gasteiger charge is -2.32. The van der Waals surface area contributed by atoms with Gasteiger partial charge in [-0.05, 0) is 55.3 Å². The molecule has 1 heterocycles. The minimum absolute atomic E-state index is 0.305. The molecule has 2 aromatic carbocycles. The Labute approximate surface area is 181 Å². The fourth-order valence-corrected chi connectivity index (χ4v) is 4.19. The van der Waals surface area contributed by atoms with Gasteiger partial charge in [0.2, 0.25) is 5.91 Å². The van der Waals surface area contributed by atoms with E-state index in [0.717, 1.165) is 58.5 Å². The van der Waals surface area contributed by atoms with E-state index >= 15 is 0 Å². The van der Waals surface area contributed by atoms with Crippen LogP contribution in [-0.2, 0) is 28.9 Å². The summed E-state index contributed by atoms with van der Waals surface area (Å²) in [7, 11) is 3.87. The van der Waals surface area contributed by atoms with Crippen LogP contribution in [0.1, 0.15) is 36.0 Å². The van der Waals surface area contributed by atoms with Crippen LogP contribution in [-0.4, -0.2) is 56.1 Å². The molecule has 0 spiro atoms. The number of ether oxygens (including phenoxy) is 1. The van der Waals surface area contributed by atoms with E-state index in [1.165, 1.54) is 16.7 Å². The standard InChI is InChI=1S/C26H36N2O2/c1-27(18-19-30-2)21-25-10-8-23(9-11-25)20-24-14-16-28(17-15-24)26(29)13-12-22-6-4-3-5-7-22/h3-11,24H,12-21H2,1-2H3. The van der Waals surface area contributed by atoms with E-state index in [1.54, 1.807) is 7.11 Å². The summed E-state index contributed by atoms with van der Waals surface area (Å²) in [6.45, 7) is 4.47. The van der Waals surface area contributed by atoms with Gasteiger partial charge in [0.25, 0.3) is 0 Å². The van der Waals surface area contributed by atoms with Gasteiger partial charge in [0.05, 0.1) is 6.61 Å². The van der Waals surface area contributed by atoms with E-state index < -0.39 is 0 Å². The second-order valence-corrected chi connectivity index (χ2v) is 8.56. The van der Waals surface area contributed by atoms with Crippen molar-refractivity contribution in [1.29, 1.82) is 0 Å². The minimum atomic E-state index is 0.305. The average molecular weight is 409 g/mol. The molecule has 3 rings (SSSR count). The molecular formula is C26H36N2O2. The number of aryl methyl sites for hydroxylation is 1.